The molecule has 4 aromatic rings. The zero-order valence-electron chi connectivity index (χ0n) is 12.9. The van der Waals surface area contributed by atoms with Crippen LogP contribution in [0.15, 0.2) is 66.9 Å². The van der Waals surface area contributed by atoms with Gasteiger partial charge in [0.1, 0.15) is 11.3 Å². The number of hydrogen-bond acceptors (Lipinski definition) is 4. The lowest BCUT2D eigenvalue weighted by Crippen LogP contribution is -1.99. The third-order valence-corrected chi connectivity index (χ3v) is 3.91. The van der Waals surface area contributed by atoms with Crippen LogP contribution in [0.5, 0.6) is 0 Å². The van der Waals surface area contributed by atoms with Crippen molar-refractivity contribution in [3.05, 3.63) is 72.4 Å². The number of nitrogens with one attached hydrogen (secondary N) is 1. The number of halogens is 1. The van der Waals surface area contributed by atoms with E-state index in [4.69, 9.17) is 0 Å². The van der Waals surface area contributed by atoms with E-state index in [1.165, 1.54) is 6.07 Å². The van der Waals surface area contributed by atoms with Gasteiger partial charge in [-0.25, -0.2) is 14.7 Å². The molecule has 1 N–H and O–H groups in total. The average molecular weight is 333 g/mol. The number of aromatic nitrogens is 3. The lowest BCUT2D eigenvalue weighted by atomic mass is 10.1. The molecule has 5 nitrogen and oxygen atoms in total. The second-order valence-corrected chi connectivity index (χ2v) is 5.45. The van der Waals surface area contributed by atoms with Crippen LogP contribution in [0.25, 0.3) is 33.7 Å². The van der Waals surface area contributed by atoms with Crippen LogP contribution in [0.2, 0.25) is 0 Å². The maximum absolute atomic E-state index is 12.2. The van der Waals surface area contributed by atoms with Crippen LogP contribution in [0, 0.1) is 0 Å². The molecule has 0 spiro atoms. The number of benzene rings is 2. The molecule has 0 saturated carbocycles. The van der Waals surface area contributed by atoms with Gasteiger partial charge in [0.25, 0.3) is 0 Å². The first-order valence-electron chi connectivity index (χ1n) is 7.60. The van der Waals surface area contributed by atoms with Crippen LogP contribution >= 0.6 is 0 Å². The molecule has 0 aliphatic heterocycles. The van der Waals surface area contributed by atoms with Crippen LogP contribution in [-0.4, -0.2) is 20.9 Å². The molecule has 2 heterocycles. The van der Waals surface area contributed by atoms with Gasteiger partial charge in [-0.05, 0) is 24.3 Å². The van der Waals surface area contributed by atoms with Gasteiger partial charge in [0.15, 0.2) is 0 Å². The summed E-state index contributed by atoms with van der Waals surface area (Å²) in [5, 5.41) is 0. The predicted octanol–water partition coefficient (Wildman–Crippen LogP) is 4.33. The largest absolute Gasteiger partial charge is 0.381 e. The van der Waals surface area contributed by atoms with Gasteiger partial charge in [0, 0.05) is 21.8 Å². The summed E-state index contributed by atoms with van der Waals surface area (Å²) >= 11 is 0. The molecule has 6 heteroatoms. The minimum Gasteiger partial charge on any atom is -0.338 e. The van der Waals surface area contributed by atoms with Gasteiger partial charge in [0.05, 0.1) is 16.8 Å². The molecule has 0 aliphatic carbocycles. The molecule has 25 heavy (non-hydrogen) atoms. The number of rotatable bonds is 3. The molecule has 4 rings (SSSR count). The summed E-state index contributed by atoms with van der Waals surface area (Å²) in [7, 11) is 0. The van der Waals surface area contributed by atoms with Crippen molar-refractivity contribution < 1.29 is 14.3 Å². The first-order valence-corrected chi connectivity index (χ1v) is 7.60. The molecule has 2 aromatic carbocycles. The second kappa shape index (κ2) is 6.16. The highest BCUT2D eigenvalue weighted by atomic mass is 19.3. The Morgan fingerprint density at radius 2 is 1.80 bits per heavy atom. The Kier molecular flexibility index (Phi) is 3.70. The van der Waals surface area contributed by atoms with Gasteiger partial charge >= 0.3 is 5.97 Å². The van der Waals surface area contributed by atoms with Crippen molar-refractivity contribution in [3.8, 4) is 22.6 Å². The quantitative estimate of drug-likeness (QED) is 0.606. The van der Waals surface area contributed by atoms with E-state index in [1.807, 2.05) is 42.5 Å². The van der Waals surface area contributed by atoms with E-state index < -0.39 is 5.97 Å². The number of aromatic amines is 1. The van der Waals surface area contributed by atoms with Crippen molar-refractivity contribution in [1.29, 1.82) is 0 Å². The number of nitrogens with zero attached hydrogens (tertiary/aromatic N) is 2. The number of para-hydroxylation sites is 1. The molecule has 0 saturated heterocycles. The summed E-state index contributed by atoms with van der Waals surface area (Å²) in [6, 6.07) is 18.5. The fourth-order valence-electron chi connectivity index (χ4n) is 2.69. The minimum atomic E-state index is -1.07. The van der Waals surface area contributed by atoms with E-state index in [1.54, 1.807) is 18.3 Å². The SMILES string of the molecule is O=C(OF)c1cccc2[nH]c(-c3ccc(-c4ccccc4)nc3)nc12. The Hall–Kier alpha value is -3.54. The minimum absolute atomic E-state index is 0.0661. The molecular formula is C19H12FN3O2. The van der Waals surface area contributed by atoms with E-state index in [0.717, 1.165) is 16.8 Å². The van der Waals surface area contributed by atoms with E-state index in [-0.39, 0.29) is 5.56 Å². The molecule has 122 valence electrons. The maximum atomic E-state index is 12.2. The van der Waals surface area contributed by atoms with Crippen molar-refractivity contribution in [1.82, 2.24) is 15.0 Å². The van der Waals surface area contributed by atoms with E-state index >= 15 is 0 Å². The number of hydrogen-bond donors (Lipinski definition) is 1. The Balaban J connectivity index is 1.74. The van der Waals surface area contributed by atoms with Crippen molar-refractivity contribution in [2.24, 2.45) is 0 Å². The Bertz CT molecular complexity index is 1040. The van der Waals surface area contributed by atoms with Crippen LogP contribution in [0.4, 0.5) is 4.53 Å². The molecule has 0 aliphatic rings. The van der Waals surface area contributed by atoms with Crippen LogP contribution in [0.3, 0.4) is 0 Å². The molecule has 0 atom stereocenters. The van der Waals surface area contributed by atoms with Crippen molar-refractivity contribution in [3.63, 3.8) is 0 Å². The monoisotopic (exact) mass is 333 g/mol. The van der Waals surface area contributed by atoms with E-state index in [2.05, 4.69) is 19.9 Å². The third kappa shape index (κ3) is 2.74. The predicted molar refractivity (Wildman–Crippen MR) is 91.3 cm³/mol. The second-order valence-electron chi connectivity index (χ2n) is 5.45. The number of H-pyrrole nitrogens is 1. The van der Waals surface area contributed by atoms with Gasteiger partial charge in [-0.1, -0.05) is 36.4 Å². The smallest absolute Gasteiger partial charge is 0.338 e. The molecule has 2 aromatic heterocycles. The molecular weight excluding hydrogens is 321 g/mol. The number of carbonyl (C=O) groups is 1. The Labute approximate surface area is 142 Å². The summed E-state index contributed by atoms with van der Waals surface area (Å²) in [4.78, 5) is 26.8. The summed E-state index contributed by atoms with van der Waals surface area (Å²) in [5.74, 6) is -0.526. The van der Waals surface area contributed by atoms with Gasteiger partial charge in [-0.2, -0.15) is 0 Å². The molecule has 0 unspecified atom stereocenters. The average Bonchev–Trinajstić information content (AvgIpc) is 3.12. The highest BCUT2D eigenvalue weighted by Gasteiger charge is 2.16. The summed E-state index contributed by atoms with van der Waals surface area (Å²) in [6.07, 6.45) is 1.70. The number of fused-ring (bicyclic) bond motifs is 1. The van der Waals surface area contributed by atoms with Crippen LogP contribution in [-0.2, 0) is 4.94 Å². The molecule has 0 radical (unpaired) electrons. The highest BCUT2D eigenvalue weighted by molar-refractivity contribution is 6.02. The lowest BCUT2D eigenvalue weighted by Gasteiger charge is -2.01. The standard InChI is InChI=1S/C19H12FN3O2/c20-25-19(24)14-7-4-8-16-17(14)23-18(22-16)13-9-10-15(21-11-13)12-5-2-1-3-6-12/h1-11H,(H,22,23). The van der Waals surface area contributed by atoms with E-state index in [0.29, 0.717) is 16.9 Å². The van der Waals surface area contributed by atoms with Crippen molar-refractivity contribution >= 4 is 17.0 Å². The van der Waals surface area contributed by atoms with E-state index in [9.17, 15) is 9.32 Å². The topological polar surface area (TPSA) is 67.9 Å². The number of pyridine rings is 1. The zero-order chi connectivity index (χ0) is 17.2. The molecule has 0 fully saturated rings. The summed E-state index contributed by atoms with van der Waals surface area (Å²) < 4.78 is 12.2. The third-order valence-electron chi connectivity index (χ3n) is 3.91. The number of imidazole rings is 1. The van der Waals surface area contributed by atoms with Crippen LogP contribution in [0.1, 0.15) is 10.4 Å². The van der Waals surface area contributed by atoms with Gasteiger partial charge < -0.3 is 4.98 Å². The first-order chi connectivity index (χ1) is 12.3. The van der Waals surface area contributed by atoms with Crippen LogP contribution < -0.4 is 0 Å². The number of carbonyl (C=O) groups excluding carboxylic acids is 1. The van der Waals surface area contributed by atoms with Gasteiger partial charge in [-0.15, -0.1) is 0 Å². The maximum Gasteiger partial charge on any atom is 0.381 e. The van der Waals surface area contributed by atoms with Crippen molar-refractivity contribution in [2.75, 3.05) is 0 Å². The van der Waals surface area contributed by atoms with Gasteiger partial charge in [0.2, 0.25) is 0 Å². The zero-order valence-corrected chi connectivity index (χ0v) is 12.9. The molecule has 0 bridgehead atoms. The normalized spacial score (nSPS) is 10.8. The fourth-order valence-corrected chi connectivity index (χ4v) is 2.69. The molecule has 0 amide bonds. The summed E-state index contributed by atoms with van der Waals surface area (Å²) in [6.45, 7) is 0. The lowest BCUT2D eigenvalue weighted by molar-refractivity contribution is -0.0786. The fraction of sp³-hybridized carbons (Fsp3) is 0. The first kappa shape index (κ1) is 15.0. The highest BCUT2D eigenvalue weighted by Crippen LogP contribution is 2.25. The Morgan fingerprint density at radius 3 is 2.52 bits per heavy atom. The summed E-state index contributed by atoms with van der Waals surface area (Å²) in [5.41, 5.74) is 3.66. The van der Waals surface area contributed by atoms with Crippen molar-refractivity contribution in [2.45, 2.75) is 0 Å². The van der Waals surface area contributed by atoms with Gasteiger partial charge in [-0.3, -0.25) is 4.98 Å². The Morgan fingerprint density at radius 1 is 0.960 bits per heavy atom.